The largest absolute Gasteiger partial charge is 0.437 e. The van der Waals surface area contributed by atoms with Crippen LogP contribution in [0.15, 0.2) is 24.7 Å². The van der Waals surface area contributed by atoms with Crippen molar-refractivity contribution in [1.82, 2.24) is 15.0 Å². The summed E-state index contributed by atoms with van der Waals surface area (Å²) in [7, 11) is 0. The molecule has 7 heteroatoms. The van der Waals surface area contributed by atoms with Crippen LogP contribution < -0.4 is 9.64 Å². The predicted molar refractivity (Wildman–Crippen MR) is 110 cm³/mol. The molecule has 1 spiro atoms. The summed E-state index contributed by atoms with van der Waals surface area (Å²) in [6.45, 7) is 7.72. The number of hydrogen-bond donors (Lipinski definition) is 1. The van der Waals surface area contributed by atoms with Gasteiger partial charge in [0.2, 0.25) is 5.88 Å². The van der Waals surface area contributed by atoms with Crippen LogP contribution in [0, 0.1) is 13.8 Å². The van der Waals surface area contributed by atoms with Crippen LogP contribution in [0.3, 0.4) is 0 Å². The Hall–Kier alpha value is -2.25. The molecular formula is C22H30N4O3. The first kappa shape index (κ1) is 20.0. The first-order valence-corrected chi connectivity index (χ1v) is 10.5. The van der Waals surface area contributed by atoms with Gasteiger partial charge in [0.25, 0.3) is 0 Å². The average Bonchev–Trinajstić information content (AvgIpc) is 2.71. The van der Waals surface area contributed by atoms with E-state index in [4.69, 9.17) is 9.47 Å². The van der Waals surface area contributed by atoms with Crippen molar-refractivity contribution in [2.75, 3.05) is 18.0 Å². The molecule has 7 nitrogen and oxygen atoms in total. The molecule has 0 aromatic carbocycles. The summed E-state index contributed by atoms with van der Waals surface area (Å²) in [6, 6.07) is 3.75. The second kappa shape index (κ2) is 8.24. The highest BCUT2D eigenvalue weighted by Gasteiger charge is 2.43. The number of hydrogen-bond acceptors (Lipinski definition) is 7. The minimum atomic E-state index is -0.260. The molecule has 0 aliphatic carbocycles. The van der Waals surface area contributed by atoms with Gasteiger partial charge < -0.3 is 19.5 Å². The number of pyridine rings is 1. The predicted octanol–water partition coefficient (Wildman–Crippen LogP) is 3.57. The van der Waals surface area contributed by atoms with Crippen molar-refractivity contribution in [3.05, 3.63) is 35.9 Å². The van der Waals surface area contributed by atoms with Crippen LogP contribution in [0.5, 0.6) is 11.6 Å². The first-order valence-electron chi connectivity index (χ1n) is 10.5. The van der Waals surface area contributed by atoms with Crippen LogP contribution in [-0.4, -0.2) is 51.0 Å². The third kappa shape index (κ3) is 4.21. The summed E-state index contributed by atoms with van der Waals surface area (Å²) in [4.78, 5) is 15.4. The number of aryl methyl sites for hydroxylation is 1. The van der Waals surface area contributed by atoms with Gasteiger partial charge in [-0.15, -0.1) is 0 Å². The molecule has 2 fully saturated rings. The summed E-state index contributed by atoms with van der Waals surface area (Å²) >= 11 is 0. The van der Waals surface area contributed by atoms with Crippen molar-refractivity contribution in [1.29, 1.82) is 0 Å². The van der Waals surface area contributed by atoms with Gasteiger partial charge in [-0.2, -0.15) is 0 Å². The fourth-order valence-electron chi connectivity index (χ4n) is 4.49. The fourth-order valence-corrected chi connectivity index (χ4v) is 4.49. The van der Waals surface area contributed by atoms with E-state index < -0.39 is 0 Å². The molecule has 2 aliphatic rings. The van der Waals surface area contributed by atoms with E-state index in [9.17, 15) is 5.11 Å². The Kier molecular flexibility index (Phi) is 5.69. The SMILES string of the molecule is CC[C@H]1C[C@@H](O)CC2(CCN(c3ncnc(Oc4cccnc4C)c3C)CC2)O1. The number of aromatic nitrogens is 3. The zero-order chi connectivity index (χ0) is 20.4. The lowest BCUT2D eigenvalue weighted by molar-refractivity contribution is -0.171. The van der Waals surface area contributed by atoms with Gasteiger partial charge in [-0.1, -0.05) is 6.92 Å². The molecule has 2 atom stereocenters. The summed E-state index contributed by atoms with van der Waals surface area (Å²) < 4.78 is 12.4. The molecule has 2 aliphatic heterocycles. The Morgan fingerprint density at radius 3 is 2.76 bits per heavy atom. The van der Waals surface area contributed by atoms with Crippen LogP contribution in [-0.2, 0) is 4.74 Å². The topological polar surface area (TPSA) is 80.6 Å². The zero-order valence-corrected chi connectivity index (χ0v) is 17.5. The van der Waals surface area contributed by atoms with Crippen molar-refractivity contribution < 1.29 is 14.6 Å². The Bertz CT molecular complexity index is 852. The molecule has 0 bridgehead atoms. The zero-order valence-electron chi connectivity index (χ0n) is 17.5. The van der Waals surface area contributed by atoms with Gasteiger partial charge in [0, 0.05) is 25.7 Å². The highest BCUT2D eigenvalue weighted by molar-refractivity contribution is 5.51. The second-order valence-corrected chi connectivity index (χ2v) is 8.23. The van der Waals surface area contributed by atoms with Crippen LogP contribution in [0.4, 0.5) is 5.82 Å². The molecule has 29 heavy (non-hydrogen) atoms. The Labute approximate surface area is 172 Å². The van der Waals surface area contributed by atoms with E-state index >= 15 is 0 Å². The number of ether oxygens (including phenoxy) is 2. The van der Waals surface area contributed by atoms with Gasteiger partial charge in [-0.25, -0.2) is 9.97 Å². The quantitative estimate of drug-likeness (QED) is 0.843. The molecule has 1 N–H and O–H groups in total. The second-order valence-electron chi connectivity index (χ2n) is 8.23. The van der Waals surface area contributed by atoms with Crippen molar-refractivity contribution in [3.63, 3.8) is 0 Å². The Morgan fingerprint density at radius 2 is 2.03 bits per heavy atom. The highest BCUT2D eigenvalue weighted by Crippen LogP contribution is 2.40. The normalized spacial score (nSPS) is 23.9. The summed E-state index contributed by atoms with van der Waals surface area (Å²) in [6.07, 6.45) is 7.42. The Balaban J connectivity index is 1.48. The highest BCUT2D eigenvalue weighted by atomic mass is 16.5. The van der Waals surface area contributed by atoms with Crippen molar-refractivity contribution in [3.8, 4) is 11.6 Å². The van der Waals surface area contributed by atoms with Crippen molar-refractivity contribution >= 4 is 5.82 Å². The van der Waals surface area contributed by atoms with E-state index in [1.807, 2.05) is 26.0 Å². The number of rotatable bonds is 4. The van der Waals surface area contributed by atoms with Gasteiger partial charge in [-0.05, 0) is 51.7 Å². The van der Waals surface area contributed by atoms with E-state index in [1.165, 1.54) is 0 Å². The number of nitrogens with zero attached hydrogens (tertiary/aromatic N) is 4. The van der Waals surface area contributed by atoms with E-state index in [2.05, 4.69) is 26.8 Å². The van der Waals surface area contributed by atoms with Crippen LogP contribution in [0.2, 0.25) is 0 Å². The van der Waals surface area contributed by atoms with Gasteiger partial charge >= 0.3 is 0 Å². The fraction of sp³-hybridized carbons (Fsp3) is 0.591. The lowest BCUT2D eigenvalue weighted by Gasteiger charge is -2.48. The van der Waals surface area contributed by atoms with Gasteiger partial charge in [-0.3, -0.25) is 4.98 Å². The summed E-state index contributed by atoms with van der Waals surface area (Å²) in [5, 5.41) is 10.3. The summed E-state index contributed by atoms with van der Waals surface area (Å²) in [5.74, 6) is 2.16. The molecule has 2 saturated heterocycles. The monoisotopic (exact) mass is 398 g/mol. The molecule has 156 valence electrons. The standard InChI is InChI=1S/C22H30N4O3/c1-4-18-12-17(27)13-22(29-18)7-10-26(11-8-22)20-15(2)21(25-14-24-20)28-19-6-5-9-23-16(19)3/h5-6,9,14,17-18,27H,4,7-8,10-13H2,1-3H3/t17-,18+/m1/s1. The number of piperidine rings is 1. The van der Waals surface area contributed by atoms with E-state index in [-0.39, 0.29) is 17.8 Å². The van der Waals surface area contributed by atoms with E-state index in [0.717, 1.165) is 62.3 Å². The molecule has 4 heterocycles. The van der Waals surface area contributed by atoms with Gasteiger partial charge in [0.05, 0.1) is 29.1 Å². The summed E-state index contributed by atoms with van der Waals surface area (Å²) in [5.41, 5.74) is 1.54. The molecular weight excluding hydrogens is 368 g/mol. The first-order chi connectivity index (χ1) is 14.0. The molecule has 0 unspecified atom stereocenters. The third-order valence-electron chi connectivity index (χ3n) is 6.17. The number of aliphatic hydroxyl groups is 1. The average molecular weight is 399 g/mol. The molecule has 0 amide bonds. The lowest BCUT2D eigenvalue weighted by Crippen LogP contribution is -2.53. The molecule has 0 saturated carbocycles. The van der Waals surface area contributed by atoms with Crippen molar-refractivity contribution in [2.24, 2.45) is 0 Å². The minimum absolute atomic E-state index is 0.161. The van der Waals surface area contributed by atoms with Crippen molar-refractivity contribution in [2.45, 2.75) is 70.7 Å². The maximum Gasteiger partial charge on any atom is 0.227 e. The van der Waals surface area contributed by atoms with E-state index in [0.29, 0.717) is 11.6 Å². The third-order valence-corrected chi connectivity index (χ3v) is 6.17. The van der Waals surface area contributed by atoms with Gasteiger partial charge in [0.15, 0.2) is 5.75 Å². The van der Waals surface area contributed by atoms with Crippen LogP contribution in [0.25, 0.3) is 0 Å². The Morgan fingerprint density at radius 1 is 1.24 bits per heavy atom. The smallest absolute Gasteiger partial charge is 0.227 e. The maximum atomic E-state index is 10.3. The number of aliphatic hydroxyl groups excluding tert-OH is 1. The molecule has 0 radical (unpaired) electrons. The maximum absolute atomic E-state index is 10.3. The minimum Gasteiger partial charge on any atom is -0.437 e. The molecule has 2 aromatic heterocycles. The lowest BCUT2D eigenvalue weighted by atomic mass is 9.81. The molecule has 4 rings (SSSR count). The van der Waals surface area contributed by atoms with Crippen LogP contribution in [0.1, 0.15) is 50.3 Å². The van der Waals surface area contributed by atoms with E-state index in [1.54, 1.807) is 12.5 Å². The number of anilines is 1. The van der Waals surface area contributed by atoms with Crippen LogP contribution >= 0.6 is 0 Å². The molecule has 2 aromatic rings. The van der Waals surface area contributed by atoms with Gasteiger partial charge in [0.1, 0.15) is 12.1 Å².